The summed E-state index contributed by atoms with van der Waals surface area (Å²) in [5.74, 6) is -2.16. The summed E-state index contributed by atoms with van der Waals surface area (Å²) >= 11 is 18.0. The number of nitro benzene ring substituents is 1. The third-order valence-corrected chi connectivity index (χ3v) is 7.34. The van der Waals surface area contributed by atoms with Crippen molar-refractivity contribution in [2.75, 3.05) is 23.9 Å². The summed E-state index contributed by atoms with van der Waals surface area (Å²) in [7, 11) is 1.38. The van der Waals surface area contributed by atoms with Crippen LogP contribution in [0.2, 0.25) is 10.0 Å². The van der Waals surface area contributed by atoms with Crippen LogP contribution in [0.3, 0.4) is 0 Å². The van der Waals surface area contributed by atoms with E-state index >= 15 is 0 Å². The molecule has 13 heteroatoms. The Labute approximate surface area is 220 Å². The first-order chi connectivity index (χ1) is 17.2. The van der Waals surface area contributed by atoms with Crippen LogP contribution in [0.15, 0.2) is 48.6 Å². The number of methoxy groups -OCH3 is 1. The quantitative estimate of drug-likeness (QED) is 0.183. The highest BCUT2D eigenvalue weighted by Gasteiger charge is 2.68. The lowest BCUT2D eigenvalue weighted by atomic mass is 9.77. The number of thiocarbonyl (C=S) groups is 1. The number of fused-ring (bicyclic) bond motifs is 5. The lowest BCUT2D eigenvalue weighted by Crippen LogP contribution is -2.49. The fourth-order valence-corrected chi connectivity index (χ4v) is 5.66. The molecule has 186 valence electrons. The molecule has 2 saturated heterocycles. The van der Waals surface area contributed by atoms with Crippen LogP contribution in [0.1, 0.15) is 0 Å². The van der Waals surface area contributed by atoms with Gasteiger partial charge in [-0.2, -0.15) is 0 Å². The second-order valence-electron chi connectivity index (χ2n) is 8.43. The molecular formula is C23H18Cl2N4O6S. The highest BCUT2D eigenvalue weighted by molar-refractivity contribution is 7.80. The van der Waals surface area contributed by atoms with Gasteiger partial charge in [-0.05, 0) is 30.4 Å². The minimum absolute atomic E-state index is 0.0887. The number of imide groups is 1. The minimum Gasteiger partial charge on any atom is -0.494 e. The zero-order valence-corrected chi connectivity index (χ0v) is 20.9. The van der Waals surface area contributed by atoms with Gasteiger partial charge in [0.25, 0.3) is 5.69 Å². The molecule has 2 N–H and O–H groups in total. The first-order valence-electron chi connectivity index (χ1n) is 10.7. The van der Waals surface area contributed by atoms with E-state index in [1.165, 1.54) is 25.3 Å². The normalized spacial score (nSPS) is 25.8. The van der Waals surface area contributed by atoms with Gasteiger partial charge in [0, 0.05) is 6.07 Å². The molecule has 2 aromatic carbocycles. The number of nitrogens with zero attached hydrogens (tertiary/aromatic N) is 2. The Balaban J connectivity index is 1.34. The van der Waals surface area contributed by atoms with Crippen LogP contribution in [-0.4, -0.2) is 47.2 Å². The van der Waals surface area contributed by atoms with Crippen molar-refractivity contribution >= 4 is 69.4 Å². The lowest BCUT2D eigenvalue weighted by Gasteiger charge is -2.30. The molecule has 4 unspecified atom stereocenters. The molecule has 0 aromatic heterocycles. The number of amides is 2. The lowest BCUT2D eigenvalue weighted by molar-refractivity contribution is -0.384. The van der Waals surface area contributed by atoms with Crippen molar-refractivity contribution in [3.63, 3.8) is 0 Å². The molecule has 3 aliphatic rings. The topological polar surface area (TPSA) is 123 Å². The summed E-state index contributed by atoms with van der Waals surface area (Å²) in [6.45, 7) is 0.0887. The number of hydrogen-bond acceptors (Lipinski definition) is 7. The number of non-ortho nitro benzene ring substituents is 1. The number of anilines is 2. The molecule has 0 radical (unpaired) electrons. The molecule has 0 aliphatic carbocycles. The van der Waals surface area contributed by atoms with Gasteiger partial charge in [-0.15, -0.1) is 0 Å². The number of carbonyl (C=O) groups excluding carboxylic acids is 2. The molecule has 4 atom stereocenters. The number of benzene rings is 2. The van der Waals surface area contributed by atoms with Gasteiger partial charge in [-0.1, -0.05) is 41.4 Å². The van der Waals surface area contributed by atoms with Crippen LogP contribution in [0.5, 0.6) is 5.75 Å². The molecule has 36 heavy (non-hydrogen) atoms. The van der Waals surface area contributed by atoms with E-state index in [2.05, 4.69) is 10.6 Å². The van der Waals surface area contributed by atoms with Crippen molar-refractivity contribution in [1.29, 1.82) is 0 Å². The molecule has 0 spiro atoms. The zero-order chi connectivity index (χ0) is 25.8. The highest BCUT2D eigenvalue weighted by Crippen LogP contribution is 2.53. The molecule has 2 fully saturated rings. The van der Waals surface area contributed by atoms with E-state index in [0.29, 0.717) is 5.69 Å². The van der Waals surface area contributed by atoms with Crippen LogP contribution in [0.4, 0.5) is 17.1 Å². The van der Waals surface area contributed by atoms with Crippen molar-refractivity contribution in [2.45, 2.75) is 11.7 Å². The monoisotopic (exact) mass is 548 g/mol. The summed E-state index contributed by atoms with van der Waals surface area (Å²) < 4.78 is 11.3. The van der Waals surface area contributed by atoms with E-state index in [9.17, 15) is 19.7 Å². The molecule has 2 bridgehead atoms. The average molecular weight is 549 g/mol. The number of hydrogen-bond donors (Lipinski definition) is 2. The van der Waals surface area contributed by atoms with Crippen molar-refractivity contribution < 1.29 is 24.0 Å². The second kappa shape index (κ2) is 9.00. The van der Waals surface area contributed by atoms with Crippen molar-refractivity contribution in [1.82, 2.24) is 5.32 Å². The molecule has 2 aromatic rings. The van der Waals surface area contributed by atoms with Crippen LogP contribution in [-0.2, 0) is 14.3 Å². The number of nitro groups is 1. The Hall–Kier alpha value is -3.25. The van der Waals surface area contributed by atoms with Gasteiger partial charge in [0.2, 0.25) is 11.8 Å². The third kappa shape index (κ3) is 3.79. The average Bonchev–Trinajstić information content (AvgIpc) is 3.49. The summed E-state index contributed by atoms with van der Waals surface area (Å²) in [5, 5.41) is 17.5. The van der Waals surface area contributed by atoms with Gasteiger partial charge in [-0.25, -0.2) is 4.90 Å². The summed E-state index contributed by atoms with van der Waals surface area (Å²) in [6, 6.07) is 8.83. The van der Waals surface area contributed by atoms with E-state index in [4.69, 9.17) is 44.9 Å². The molecule has 10 nitrogen and oxygen atoms in total. The molecule has 3 aliphatic heterocycles. The largest absolute Gasteiger partial charge is 0.494 e. The Kier molecular flexibility index (Phi) is 6.11. The zero-order valence-electron chi connectivity index (χ0n) is 18.6. The summed E-state index contributed by atoms with van der Waals surface area (Å²) in [4.78, 5) is 38.4. The smallest absolute Gasteiger partial charge is 0.273 e. The van der Waals surface area contributed by atoms with Gasteiger partial charge in [0.1, 0.15) is 11.4 Å². The van der Waals surface area contributed by atoms with E-state index < -0.39 is 40.3 Å². The van der Waals surface area contributed by atoms with Crippen molar-refractivity contribution in [3.05, 3.63) is 68.7 Å². The van der Waals surface area contributed by atoms with Crippen LogP contribution >= 0.6 is 35.4 Å². The first kappa shape index (κ1) is 24.4. The SMILES string of the molecule is COc1cc([N+](=O)[O-])ccc1NC(=S)NCC12C=CC(O1)C1C(=O)N(c3c(Cl)cccc3Cl)C(=O)C12. The molecule has 2 amide bonds. The Morgan fingerprint density at radius 2 is 1.97 bits per heavy atom. The maximum Gasteiger partial charge on any atom is 0.273 e. The number of halogens is 2. The van der Waals surface area contributed by atoms with Crippen LogP contribution in [0.25, 0.3) is 0 Å². The van der Waals surface area contributed by atoms with Crippen LogP contribution in [0, 0.1) is 22.0 Å². The van der Waals surface area contributed by atoms with E-state index in [-0.39, 0.29) is 38.8 Å². The number of ether oxygens (including phenoxy) is 2. The van der Waals surface area contributed by atoms with E-state index in [1.807, 2.05) is 0 Å². The number of carbonyl (C=O) groups is 2. The maximum absolute atomic E-state index is 13.5. The minimum atomic E-state index is -1.12. The highest BCUT2D eigenvalue weighted by atomic mass is 35.5. The fraction of sp³-hybridized carbons (Fsp3) is 0.261. The number of para-hydroxylation sites is 1. The van der Waals surface area contributed by atoms with Gasteiger partial charge >= 0.3 is 0 Å². The second-order valence-corrected chi connectivity index (χ2v) is 9.65. The molecule has 5 rings (SSSR count). The number of rotatable bonds is 6. The van der Waals surface area contributed by atoms with E-state index in [1.54, 1.807) is 30.4 Å². The predicted octanol–water partition coefficient (Wildman–Crippen LogP) is 3.71. The molecule has 3 heterocycles. The van der Waals surface area contributed by atoms with Crippen molar-refractivity contribution in [2.24, 2.45) is 11.8 Å². The Morgan fingerprint density at radius 1 is 1.25 bits per heavy atom. The van der Waals surface area contributed by atoms with Crippen LogP contribution < -0.4 is 20.3 Å². The Bertz CT molecular complexity index is 1330. The summed E-state index contributed by atoms with van der Waals surface area (Å²) in [5.41, 5.74) is -0.670. The Morgan fingerprint density at radius 3 is 2.64 bits per heavy atom. The first-order valence-corrected chi connectivity index (χ1v) is 11.9. The predicted molar refractivity (Wildman–Crippen MR) is 137 cm³/mol. The van der Waals surface area contributed by atoms with Gasteiger partial charge < -0.3 is 20.1 Å². The van der Waals surface area contributed by atoms with Crippen molar-refractivity contribution in [3.8, 4) is 5.75 Å². The molecule has 0 saturated carbocycles. The number of nitrogens with one attached hydrogen (secondary N) is 2. The summed E-state index contributed by atoms with van der Waals surface area (Å²) in [6.07, 6.45) is 2.96. The van der Waals surface area contributed by atoms with E-state index in [0.717, 1.165) is 4.90 Å². The van der Waals surface area contributed by atoms with Gasteiger partial charge in [-0.3, -0.25) is 19.7 Å². The standard InChI is InChI=1S/C23H18Cl2N4O6S/c1-34-16-9-11(29(32)33)5-6-14(16)27-22(36)26-10-23-8-7-15(35-23)17-18(23)21(31)28(20(17)30)19-12(24)3-2-4-13(19)25/h2-9,15,17-18H,10H2,1H3,(H2,26,27,36). The van der Waals surface area contributed by atoms with Gasteiger partial charge in [0.15, 0.2) is 5.11 Å². The van der Waals surface area contributed by atoms with Gasteiger partial charge in [0.05, 0.1) is 64.0 Å². The fourth-order valence-electron chi connectivity index (χ4n) is 4.91. The maximum atomic E-state index is 13.5. The molecular weight excluding hydrogens is 531 g/mol. The third-order valence-electron chi connectivity index (χ3n) is 6.49.